The van der Waals surface area contributed by atoms with Gasteiger partial charge in [-0.15, -0.1) is 0 Å². The Labute approximate surface area is 206 Å². The van der Waals surface area contributed by atoms with Crippen LogP contribution in [-0.2, 0) is 14.3 Å². The molecule has 0 radical (unpaired) electrons. The lowest BCUT2D eigenvalue weighted by Gasteiger charge is -2.44. The number of methoxy groups -OCH3 is 1. The van der Waals surface area contributed by atoms with Gasteiger partial charge in [0.2, 0.25) is 6.41 Å². The lowest BCUT2D eigenvalue weighted by molar-refractivity contribution is -0.136. The van der Waals surface area contributed by atoms with Crippen molar-refractivity contribution in [1.29, 1.82) is 5.26 Å². The van der Waals surface area contributed by atoms with Crippen LogP contribution in [0.2, 0.25) is 5.15 Å². The number of halogens is 1. The van der Waals surface area contributed by atoms with E-state index in [0.29, 0.717) is 32.0 Å². The molecule has 0 bridgehead atoms. The number of amides is 2. The zero-order valence-electron chi connectivity index (χ0n) is 20.9. The standard InChI is InChI=1S/C16H17ClN6O3.C5H12O.C2H6/c17-14-12(4-18)19-5-13(20-14)22-3-1-2-11(6-22)23-9-16(26-15(23)25)7-21(8-16)10-24;1-5(2,3)6-4;1-2/h5,10-11H,1-3,6-9H2;1-4H3;1-2H3. The van der Waals surface area contributed by atoms with Gasteiger partial charge >= 0.3 is 6.09 Å². The maximum Gasteiger partial charge on any atom is 0.410 e. The van der Waals surface area contributed by atoms with E-state index in [-0.39, 0.29) is 28.6 Å². The third-order valence-corrected chi connectivity index (χ3v) is 5.99. The minimum Gasteiger partial charge on any atom is -0.437 e. The largest absolute Gasteiger partial charge is 0.437 e. The molecule has 3 aliphatic rings. The van der Waals surface area contributed by atoms with E-state index >= 15 is 0 Å². The molecule has 0 aromatic carbocycles. The summed E-state index contributed by atoms with van der Waals surface area (Å²) in [7, 11) is 1.71. The van der Waals surface area contributed by atoms with Crippen LogP contribution in [0.1, 0.15) is 53.2 Å². The van der Waals surface area contributed by atoms with Gasteiger partial charge in [0.15, 0.2) is 16.4 Å². The van der Waals surface area contributed by atoms with Crippen molar-refractivity contribution in [3.63, 3.8) is 0 Å². The average Bonchev–Trinajstić information content (AvgIpc) is 3.17. The number of carbonyl (C=O) groups is 2. The molecule has 3 aliphatic heterocycles. The minimum atomic E-state index is -0.558. The van der Waals surface area contributed by atoms with Crippen molar-refractivity contribution in [2.45, 2.75) is 64.7 Å². The van der Waals surface area contributed by atoms with E-state index in [9.17, 15) is 9.59 Å². The van der Waals surface area contributed by atoms with Gasteiger partial charge in [-0.1, -0.05) is 25.4 Å². The van der Waals surface area contributed by atoms with Crippen molar-refractivity contribution < 1.29 is 19.1 Å². The highest BCUT2D eigenvalue weighted by molar-refractivity contribution is 6.30. The third-order valence-electron chi connectivity index (χ3n) is 5.73. The predicted molar refractivity (Wildman–Crippen MR) is 129 cm³/mol. The van der Waals surface area contributed by atoms with Crippen molar-refractivity contribution >= 4 is 29.9 Å². The SMILES string of the molecule is CC.COC(C)(C)C.N#Cc1ncc(N2CCCC(N3CC4(CN(C=O)C4)OC3=O)C2)nc1Cl. The maximum absolute atomic E-state index is 12.4. The number of piperidine rings is 1. The Kier molecular flexibility index (Phi) is 9.47. The molecule has 3 fully saturated rings. The molecule has 4 rings (SSSR count). The van der Waals surface area contributed by atoms with E-state index < -0.39 is 5.60 Å². The first-order chi connectivity index (χ1) is 16.1. The number of hydrogen-bond acceptors (Lipinski definition) is 8. The predicted octanol–water partition coefficient (Wildman–Crippen LogP) is 3.09. The first-order valence-corrected chi connectivity index (χ1v) is 11.9. The molecule has 11 heteroatoms. The zero-order valence-corrected chi connectivity index (χ0v) is 21.6. The molecule has 0 aliphatic carbocycles. The summed E-state index contributed by atoms with van der Waals surface area (Å²) in [6.45, 7) is 12.8. The quantitative estimate of drug-likeness (QED) is 0.589. The summed E-state index contributed by atoms with van der Waals surface area (Å²) in [5.74, 6) is 0.594. The molecular formula is C23H35ClN6O4. The summed E-state index contributed by atoms with van der Waals surface area (Å²) in [5, 5.41) is 8.99. The number of nitrogens with zero attached hydrogens (tertiary/aromatic N) is 6. The van der Waals surface area contributed by atoms with Gasteiger partial charge < -0.3 is 19.3 Å². The van der Waals surface area contributed by atoms with Gasteiger partial charge in [-0.2, -0.15) is 5.26 Å². The Morgan fingerprint density at radius 1 is 1.32 bits per heavy atom. The maximum atomic E-state index is 12.4. The Balaban J connectivity index is 0.000000447. The van der Waals surface area contributed by atoms with Gasteiger partial charge in [0.25, 0.3) is 0 Å². The second-order valence-electron chi connectivity index (χ2n) is 9.23. The van der Waals surface area contributed by atoms with Crippen LogP contribution in [0.15, 0.2) is 6.20 Å². The topological polar surface area (TPSA) is 112 Å². The Morgan fingerprint density at radius 3 is 2.50 bits per heavy atom. The van der Waals surface area contributed by atoms with Crippen molar-refractivity contribution in [2.24, 2.45) is 0 Å². The van der Waals surface area contributed by atoms with Gasteiger partial charge in [0, 0.05) is 20.2 Å². The summed E-state index contributed by atoms with van der Waals surface area (Å²) >= 11 is 5.99. The summed E-state index contributed by atoms with van der Waals surface area (Å²) in [5.41, 5.74) is -0.420. The summed E-state index contributed by atoms with van der Waals surface area (Å²) < 4.78 is 10.5. The van der Waals surface area contributed by atoms with Crippen molar-refractivity contribution in [3.05, 3.63) is 17.0 Å². The molecule has 1 spiro atoms. The first-order valence-electron chi connectivity index (χ1n) is 11.5. The summed E-state index contributed by atoms with van der Waals surface area (Å²) in [6, 6.07) is 1.89. The molecule has 2 amide bonds. The van der Waals surface area contributed by atoms with Gasteiger partial charge in [0.1, 0.15) is 11.9 Å². The zero-order chi connectivity index (χ0) is 25.5. The van der Waals surface area contributed by atoms with Crippen molar-refractivity contribution in [3.8, 4) is 6.07 Å². The fourth-order valence-corrected chi connectivity index (χ4v) is 4.04. The molecule has 34 heavy (non-hydrogen) atoms. The van der Waals surface area contributed by atoms with Gasteiger partial charge in [-0.05, 0) is 33.6 Å². The number of carbonyl (C=O) groups excluding carboxylic acids is 2. The average molecular weight is 495 g/mol. The van der Waals surface area contributed by atoms with Gasteiger partial charge in [-0.3, -0.25) is 9.69 Å². The summed E-state index contributed by atoms with van der Waals surface area (Å²) in [4.78, 5) is 36.8. The highest BCUT2D eigenvalue weighted by Gasteiger charge is 2.55. The lowest BCUT2D eigenvalue weighted by Crippen LogP contribution is -2.63. The molecule has 4 heterocycles. The highest BCUT2D eigenvalue weighted by atomic mass is 35.5. The number of ether oxygens (including phenoxy) is 2. The van der Waals surface area contributed by atoms with Crippen LogP contribution in [0.4, 0.5) is 10.6 Å². The van der Waals surface area contributed by atoms with Crippen molar-refractivity contribution in [1.82, 2.24) is 19.8 Å². The smallest absolute Gasteiger partial charge is 0.410 e. The first kappa shape index (κ1) is 27.6. The number of aromatic nitrogens is 2. The van der Waals surface area contributed by atoms with Crippen LogP contribution in [0.25, 0.3) is 0 Å². The van der Waals surface area contributed by atoms with Crippen LogP contribution in [0.3, 0.4) is 0 Å². The Morgan fingerprint density at radius 2 is 1.97 bits per heavy atom. The van der Waals surface area contributed by atoms with Crippen LogP contribution >= 0.6 is 11.6 Å². The van der Waals surface area contributed by atoms with Crippen LogP contribution in [0, 0.1) is 11.3 Å². The van der Waals surface area contributed by atoms with Crippen LogP contribution in [0.5, 0.6) is 0 Å². The third kappa shape index (κ3) is 6.70. The highest BCUT2D eigenvalue weighted by Crippen LogP contribution is 2.34. The second-order valence-corrected chi connectivity index (χ2v) is 9.59. The molecular weight excluding hydrogens is 460 g/mol. The van der Waals surface area contributed by atoms with Crippen LogP contribution in [-0.4, -0.2) is 89.3 Å². The molecule has 1 aromatic heterocycles. The van der Waals surface area contributed by atoms with E-state index in [0.717, 1.165) is 25.8 Å². The molecule has 1 unspecified atom stereocenters. The van der Waals surface area contributed by atoms with E-state index in [1.54, 1.807) is 16.9 Å². The molecule has 0 saturated carbocycles. The molecule has 188 valence electrons. The number of anilines is 1. The molecule has 1 atom stereocenters. The number of rotatable bonds is 3. The van der Waals surface area contributed by atoms with E-state index in [4.69, 9.17) is 26.3 Å². The van der Waals surface area contributed by atoms with Gasteiger partial charge in [0.05, 0.1) is 37.5 Å². The van der Waals surface area contributed by atoms with E-state index in [2.05, 4.69) is 9.97 Å². The van der Waals surface area contributed by atoms with E-state index in [1.807, 2.05) is 45.6 Å². The second kappa shape index (κ2) is 11.7. The molecule has 3 saturated heterocycles. The van der Waals surface area contributed by atoms with Gasteiger partial charge in [-0.25, -0.2) is 14.8 Å². The number of nitriles is 1. The van der Waals surface area contributed by atoms with Crippen molar-refractivity contribution in [2.75, 3.05) is 44.7 Å². The number of hydrogen-bond donors (Lipinski definition) is 0. The minimum absolute atomic E-state index is 0.00266. The monoisotopic (exact) mass is 494 g/mol. The molecule has 0 N–H and O–H groups in total. The Hall–Kier alpha value is -2.64. The Bertz CT molecular complexity index is 894. The normalized spacial score (nSPS) is 20.8. The lowest BCUT2D eigenvalue weighted by atomic mass is 9.94. The molecule has 10 nitrogen and oxygen atoms in total. The van der Waals surface area contributed by atoms with Crippen LogP contribution < -0.4 is 4.90 Å². The number of likely N-dealkylation sites (tertiary alicyclic amines) is 1. The fraction of sp³-hybridized carbons (Fsp3) is 0.696. The van der Waals surface area contributed by atoms with E-state index in [1.165, 1.54) is 6.20 Å². The fourth-order valence-electron chi connectivity index (χ4n) is 3.86. The molecule has 1 aromatic rings. The summed E-state index contributed by atoms with van der Waals surface area (Å²) in [6.07, 6.45) is 3.74.